The van der Waals surface area contributed by atoms with Crippen LogP contribution in [0.3, 0.4) is 0 Å². The highest BCUT2D eigenvalue weighted by Crippen LogP contribution is 2.21. The molecule has 0 radical (unpaired) electrons. The second-order valence-corrected chi connectivity index (χ2v) is 6.54. The van der Waals surface area contributed by atoms with Gasteiger partial charge in [0.05, 0.1) is 12.5 Å². The van der Waals surface area contributed by atoms with E-state index in [-0.39, 0.29) is 25.0 Å². The van der Waals surface area contributed by atoms with Gasteiger partial charge in [-0.25, -0.2) is 9.69 Å². The number of imide groups is 1. The number of fused-ring (bicyclic) bond motifs is 1. The molecule has 1 saturated heterocycles. The van der Waals surface area contributed by atoms with Crippen molar-refractivity contribution in [2.75, 3.05) is 6.61 Å². The first kappa shape index (κ1) is 16.3. The van der Waals surface area contributed by atoms with Crippen LogP contribution in [0, 0.1) is 0 Å². The van der Waals surface area contributed by atoms with Crippen LogP contribution in [0.15, 0.2) is 72.8 Å². The molecule has 3 aromatic carbocycles. The Labute approximate surface area is 152 Å². The fourth-order valence-corrected chi connectivity index (χ4v) is 3.41. The van der Waals surface area contributed by atoms with Crippen LogP contribution in [-0.2, 0) is 22.4 Å². The Morgan fingerprint density at radius 1 is 0.923 bits per heavy atom. The smallest absolute Gasteiger partial charge is 0.416 e. The molecule has 1 fully saturated rings. The van der Waals surface area contributed by atoms with Gasteiger partial charge in [0.2, 0.25) is 5.91 Å². The molecule has 1 aliphatic rings. The fourth-order valence-electron chi connectivity index (χ4n) is 3.41. The lowest BCUT2D eigenvalue weighted by Gasteiger charge is -2.19. The van der Waals surface area contributed by atoms with Crippen LogP contribution in [0.1, 0.15) is 11.1 Å². The summed E-state index contributed by atoms with van der Waals surface area (Å²) >= 11 is 0. The van der Waals surface area contributed by atoms with Gasteiger partial charge in [0.1, 0.15) is 6.61 Å². The van der Waals surface area contributed by atoms with Crippen molar-refractivity contribution < 1.29 is 14.3 Å². The SMILES string of the molecule is O=C(Cc1ccc2ccccc2c1)N1C(=O)OC[C@H]1Cc1ccccc1. The molecule has 2 amide bonds. The molecule has 0 aromatic heterocycles. The Hall–Kier alpha value is -3.14. The van der Waals surface area contributed by atoms with Crippen LogP contribution in [0.4, 0.5) is 4.79 Å². The number of cyclic esters (lactones) is 1. The van der Waals surface area contributed by atoms with E-state index in [9.17, 15) is 9.59 Å². The molecule has 1 aliphatic heterocycles. The summed E-state index contributed by atoms with van der Waals surface area (Å²) < 4.78 is 5.15. The summed E-state index contributed by atoms with van der Waals surface area (Å²) in [6.45, 7) is 0.247. The number of carbonyl (C=O) groups excluding carboxylic acids is 2. The minimum atomic E-state index is -0.545. The third-order valence-electron chi connectivity index (χ3n) is 4.71. The van der Waals surface area contributed by atoms with Crippen LogP contribution in [0.25, 0.3) is 10.8 Å². The number of hydrogen-bond donors (Lipinski definition) is 0. The number of amides is 2. The van der Waals surface area contributed by atoms with Gasteiger partial charge in [0.15, 0.2) is 0 Å². The van der Waals surface area contributed by atoms with Crippen LogP contribution in [-0.4, -0.2) is 29.5 Å². The van der Waals surface area contributed by atoms with Crippen molar-refractivity contribution >= 4 is 22.8 Å². The Kier molecular flexibility index (Phi) is 4.40. The summed E-state index contributed by atoms with van der Waals surface area (Å²) in [6, 6.07) is 23.5. The number of hydrogen-bond acceptors (Lipinski definition) is 3. The molecule has 0 bridgehead atoms. The predicted octanol–water partition coefficient (Wildman–Crippen LogP) is 3.97. The van der Waals surface area contributed by atoms with Gasteiger partial charge < -0.3 is 4.74 Å². The molecule has 4 nitrogen and oxygen atoms in total. The lowest BCUT2D eigenvalue weighted by atomic mass is 10.0. The monoisotopic (exact) mass is 345 g/mol. The van der Waals surface area contributed by atoms with Gasteiger partial charge in [-0.3, -0.25) is 4.79 Å². The number of carbonyl (C=O) groups is 2. The molecule has 3 aromatic rings. The van der Waals surface area contributed by atoms with E-state index >= 15 is 0 Å². The molecule has 1 atom stereocenters. The maximum atomic E-state index is 12.8. The summed E-state index contributed by atoms with van der Waals surface area (Å²) in [4.78, 5) is 26.2. The van der Waals surface area contributed by atoms with E-state index in [0.29, 0.717) is 6.42 Å². The van der Waals surface area contributed by atoms with Crippen LogP contribution in [0.2, 0.25) is 0 Å². The zero-order valence-corrected chi connectivity index (χ0v) is 14.3. The molecular formula is C22H19NO3. The summed E-state index contributed by atoms with van der Waals surface area (Å²) in [7, 11) is 0. The van der Waals surface area contributed by atoms with Crippen LogP contribution in [0.5, 0.6) is 0 Å². The summed E-state index contributed by atoms with van der Waals surface area (Å²) in [5.41, 5.74) is 1.98. The number of nitrogens with zero attached hydrogens (tertiary/aromatic N) is 1. The van der Waals surface area contributed by atoms with Gasteiger partial charge in [-0.05, 0) is 28.3 Å². The van der Waals surface area contributed by atoms with E-state index in [1.807, 2.05) is 72.8 Å². The van der Waals surface area contributed by atoms with E-state index in [0.717, 1.165) is 21.9 Å². The van der Waals surface area contributed by atoms with Crippen molar-refractivity contribution in [2.45, 2.75) is 18.9 Å². The highest BCUT2D eigenvalue weighted by molar-refractivity contribution is 5.95. The summed E-state index contributed by atoms with van der Waals surface area (Å²) in [6.07, 6.45) is 0.248. The largest absolute Gasteiger partial charge is 0.447 e. The Balaban J connectivity index is 1.52. The normalized spacial score (nSPS) is 16.7. The van der Waals surface area contributed by atoms with Gasteiger partial charge in [-0.2, -0.15) is 0 Å². The zero-order valence-electron chi connectivity index (χ0n) is 14.3. The third kappa shape index (κ3) is 3.31. The maximum Gasteiger partial charge on any atom is 0.416 e. The van der Waals surface area contributed by atoms with Crippen molar-refractivity contribution in [2.24, 2.45) is 0 Å². The van der Waals surface area contributed by atoms with Gasteiger partial charge in [-0.1, -0.05) is 72.8 Å². The molecule has 0 unspecified atom stereocenters. The summed E-state index contributed by atoms with van der Waals surface area (Å²) in [5.74, 6) is -0.219. The number of benzene rings is 3. The standard InChI is InChI=1S/C22H19NO3/c24-21(14-17-10-11-18-8-4-5-9-19(18)12-17)23-20(15-26-22(23)25)13-16-6-2-1-3-7-16/h1-12,20H,13-15H2/t20-/m1/s1. The van der Waals surface area contributed by atoms with Crippen molar-refractivity contribution in [1.82, 2.24) is 4.90 Å². The van der Waals surface area contributed by atoms with E-state index < -0.39 is 6.09 Å². The number of ether oxygens (including phenoxy) is 1. The van der Waals surface area contributed by atoms with E-state index in [4.69, 9.17) is 4.74 Å². The molecule has 130 valence electrons. The minimum Gasteiger partial charge on any atom is -0.447 e. The molecule has 4 heteroatoms. The van der Waals surface area contributed by atoms with Gasteiger partial charge in [-0.15, -0.1) is 0 Å². The molecule has 0 saturated carbocycles. The lowest BCUT2D eigenvalue weighted by Crippen LogP contribution is -2.41. The van der Waals surface area contributed by atoms with Gasteiger partial charge >= 0.3 is 6.09 Å². The number of rotatable bonds is 4. The van der Waals surface area contributed by atoms with Gasteiger partial charge in [0, 0.05) is 0 Å². The molecule has 0 N–H and O–H groups in total. The molecular weight excluding hydrogens is 326 g/mol. The zero-order chi connectivity index (χ0) is 17.9. The molecule has 0 aliphatic carbocycles. The average Bonchev–Trinajstić information content (AvgIpc) is 3.02. The highest BCUT2D eigenvalue weighted by Gasteiger charge is 2.37. The van der Waals surface area contributed by atoms with Gasteiger partial charge in [0.25, 0.3) is 0 Å². The third-order valence-corrected chi connectivity index (χ3v) is 4.71. The fraction of sp³-hybridized carbons (Fsp3) is 0.182. The summed E-state index contributed by atoms with van der Waals surface area (Å²) in [5, 5.41) is 2.22. The topological polar surface area (TPSA) is 46.6 Å². The van der Waals surface area contributed by atoms with Crippen molar-refractivity contribution in [1.29, 1.82) is 0 Å². The molecule has 1 heterocycles. The van der Waals surface area contributed by atoms with Crippen molar-refractivity contribution in [3.05, 3.63) is 83.9 Å². The second kappa shape index (κ2) is 7.00. The molecule has 4 rings (SSSR count). The highest BCUT2D eigenvalue weighted by atomic mass is 16.6. The van der Waals surface area contributed by atoms with E-state index in [2.05, 4.69) is 0 Å². The maximum absolute atomic E-state index is 12.8. The van der Waals surface area contributed by atoms with E-state index in [1.165, 1.54) is 4.90 Å². The average molecular weight is 345 g/mol. The quantitative estimate of drug-likeness (QED) is 0.719. The first-order valence-electron chi connectivity index (χ1n) is 8.71. The van der Waals surface area contributed by atoms with Crippen molar-refractivity contribution in [3.8, 4) is 0 Å². The van der Waals surface area contributed by atoms with Crippen LogP contribution >= 0.6 is 0 Å². The Morgan fingerprint density at radius 3 is 2.46 bits per heavy atom. The molecule has 26 heavy (non-hydrogen) atoms. The lowest BCUT2D eigenvalue weighted by molar-refractivity contribution is -0.128. The molecule has 0 spiro atoms. The first-order valence-corrected chi connectivity index (χ1v) is 8.71. The minimum absolute atomic E-state index is 0.186. The Morgan fingerprint density at radius 2 is 1.65 bits per heavy atom. The Bertz CT molecular complexity index is 952. The second-order valence-electron chi connectivity index (χ2n) is 6.54. The van der Waals surface area contributed by atoms with Crippen molar-refractivity contribution in [3.63, 3.8) is 0 Å². The first-order chi connectivity index (χ1) is 12.7. The van der Waals surface area contributed by atoms with E-state index in [1.54, 1.807) is 0 Å². The predicted molar refractivity (Wildman–Crippen MR) is 99.8 cm³/mol. The van der Waals surface area contributed by atoms with Crippen LogP contribution < -0.4 is 0 Å².